The second kappa shape index (κ2) is 6.68. The highest BCUT2D eigenvalue weighted by molar-refractivity contribution is 6.33. The molecule has 24 heavy (non-hydrogen) atoms. The van der Waals surface area contributed by atoms with Crippen molar-refractivity contribution in [3.63, 3.8) is 0 Å². The van der Waals surface area contributed by atoms with E-state index < -0.39 is 41.9 Å². The Balaban J connectivity index is 2.68. The molecule has 3 nitrogen and oxygen atoms in total. The van der Waals surface area contributed by atoms with Gasteiger partial charge in [-0.15, -0.1) is 0 Å². The Morgan fingerprint density at radius 3 is 2.42 bits per heavy atom. The number of phenols is 1. The van der Waals surface area contributed by atoms with Crippen LogP contribution >= 0.6 is 11.6 Å². The van der Waals surface area contributed by atoms with Crippen LogP contribution < -0.4 is 0 Å². The zero-order chi connectivity index (χ0) is 18.1. The highest BCUT2D eigenvalue weighted by Crippen LogP contribution is 2.41. The van der Waals surface area contributed by atoms with Gasteiger partial charge in [0.1, 0.15) is 11.6 Å². The van der Waals surface area contributed by atoms with Crippen LogP contribution in [0.1, 0.15) is 17.5 Å². The molecular formula is C16H11ClF4O3. The number of rotatable bonds is 4. The monoisotopic (exact) mass is 362 g/mol. The van der Waals surface area contributed by atoms with Crippen molar-refractivity contribution in [2.24, 2.45) is 0 Å². The quantitative estimate of drug-likeness (QED) is 0.761. The van der Waals surface area contributed by atoms with Gasteiger partial charge in [0.2, 0.25) is 0 Å². The molecule has 0 aliphatic rings. The predicted molar refractivity (Wildman–Crippen MR) is 79.5 cm³/mol. The van der Waals surface area contributed by atoms with Gasteiger partial charge in [0.05, 0.1) is 10.6 Å². The van der Waals surface area contributed by atoms with Gasteiger partial charge in [-0.1, -0.05) is 17.7 Å². The highest BCUT2D eigenvalue weighted by Gasteiger charge is 2.36. The molecule has 2 rings (SSSR count). The van der Waals surface area contributed by atoms with E-state index in [1.54, 1.807) is 0 Å². The van der Waals surface area contributed by atoms with Crippen molar-refractivity contribution >= 4 is 17.6 Å². The number of halogens is 5. The minimum atomic E-state index is -4.98. The molecule has 8 heteroatoms. The maximum atomic E-state index is 14.1. The van der Waals surface area contributed by atoms with Crippen LogP contribution in [0.2, 0.25) is 5.02 Å². The molecule has 0 saturated heterocycles. The molecule has 0 spiro atoms. The fraction of sp³-hybridized carbons (Fsp3) is 0.188. The van der Waals surface area contributed by atoms with Gasteiger partial charge in [0, 0.05) is 12.0 Å². The Bertz CT molecular complexity index is 767. The summed E-state index contributed by atoms with van der Waals surface area (Å²) in [6.07, 6.45) is -5.94. The zero-order valence-corrected chi connectivity index (χ0v) is 12.7. The van der Waals surface area contributed by atoms with Gasteiger partial charge < -0.3 is 10.2 Å². The Morgan fingerprint density at radius 1 is 1.21 bits per heavy atom. The van der Waals surface area contributed by atoms with Crippen LogP contribution in [-0.2, 0) is 17.4 Å². The number of benzene rings is 2. The first-order valence-corrected chi connectivity index (χ1v) is 7.08. The molecule has 0 atom stereocenters. The number of hydrogen-bond acceptors (Lipinski definition) is 2. The maximum Gasteiger partial charge on any atom is 0.419 e. The summed E-state index contributed by atoms with van der Waals surface area (Å²) in [5.41, 5.74) is -2.19. The lowest BCUT2D eigenvalue weighted by atomic mass is 9.96. The van der Waals surface area contributed by atoms with Crippen LogP contribution in [0.25, 0.3) is 11.1 Å². The average Bonchev–Trinajstić information content (AvgIpc) is 2.45. The first-order chi connectivity index (χ1) is 11.1. The van der Waals surface area contributed by atoms with Gasteiger partial charge in [-0.05, 0) is 41.8 Å². The molecule has 0 bridgehead atoms. The average molecular weight is 363 g/mol. The van der Waals surface area contributed by atoms with E-state index in [4.69, 9.17) is 16.7 Å². The molecule has 0 heterocycles. The van der Waals surface area contributed by atoms with Crippen LogP contribution in [-0.4, -0.2) is 16.2 Å². The van der Waals surface area contributed by atoms with E-state index in [1.807, 2.05) is 0 Å². The summed E-state index contributed by atoms with van der Waals surface area (Å²) in [5, 5.41) is 18.5. The van der Waals surface area contributed by atoms with Crippen molar-refractivity contribution in [1.29, 1.82) is 0 Å². The van der Waals surface area contributed by atoms with Crippen molar-refractivity contribution in [2.45, 2.75) is 19.0 Å². The number of aromatic hydroxyl groups is 1. The SMILES string of the molecule is O=C(O)CCc1cc(-c2c(O)cccc2Cl)cc(C(F)(F)F)c1F. The van der Waals surface area contributed by atoms with E-state index in [9.17, 15) is 27.5 Å². The Hall–Kier alpha value is -2.28. The van der Waals surface area contributed by atoms with Gasteiger partial charge in [0.25, 0.3) is 0 Å². The third-order valence-corrected chi connectivity index (χ3v) is 3.66. The topological polar surface area (TPSA) is 57.5 Å². The van der Waals surface area contributed by atoms with Crippen molar-refractivity contribution in [3.8, 4) is 16.9 Å². The van der Waals surface area contributed by atoms with E-state index in [2.05, 4.69) is 0 Å². The largest absolute Gasteiger partial charge is 0.507 e. The van der Waals surface area contributed by atoms with Crippen LogP contribution in [0.4, 0.5) is 17.6 Å². The van der Waals surface area contributed by atoms with Gasteiger partial charge in [-0.3, -0.25) is 4.79 Å². The molecular weight excluding hydrogens is 352 g/mol. The first kappa shape index (κ1) is 18.1. The van der Waals surface area contributed by atoms with E-state index in [0.29, 0.717) is 6.07 Å². The van der Waals surface area contributed by atoms with Gasteiger partial charge in [-0.2, -0.15) is 13.2 Å². The van der Waals surface area contributed by atoms with Crippen LogP contribution in [0.5, 0.6) is 5.75 Å². The smallest absolute Gasteiger partial charge is 0.419 e. The van der Waals surface area contributed by atoms with Crippen LogP contribution in [0.3, 0.4) is 0 Å². The lowest BCUT2D eigenvalue weighted by Gasteiger charge is -2.15. The molecule has 128 valence electrons. The third kappa shape index (κ3) is 3.79. The third-order valence-electron chi connectivity index (χ3n) is 3.34. The lowest BCUT2D eigenvalue weighted by molar-refractivity contribution is -0.140. The second-order valence-electron chi connectivity index (χ2n) is 5.02. The molecule has 0 fully saturated rings. The normalized spacial score (nSPS) is 11.5. The predicted octanol–water partition coefficient (Wildman–Crippen LogP) is 4.89. The zero-order valence-electron chi connectivity index (χ0n) is 12.0. The number of carboxylic acid groups (broad SMARTS) is 1. The van der Waals surface area contributed by atoms with Gasteiger partial charge in [0.15, 0.2) is 0 Å². The molecule has 0 saturated carbocycles. The van der Waals surface area contributed by atoms with Crippen molar-refractivity contribution in [1.82, 2.24) is 0 Å². The maximum absolute atomic E-state index is 14.1. The molecule has 0 aromatic heterocycles. The number of carboxylic acids is 1. The summed E-state index contributed by atoms with van der Waals surface area (Å²) in [4.78, 5) is 10.6. The number of hydrogen-bond donors (Lipinski definition) is 2. The summed E-state index contributed by atoms with van der Waals surface area (Å²) < 4.78 is 53.3. The van der Waals surface area contributed by atoms with E-state index in [0.717, 1.165) is 6.07 Å². The second-order valence-corrected chi connectivity index (χ2v) is 5.43. The van der Waals surface area contributed by atoms with E-state index in [1.165, 1.54) is 18.2 Å². The minimum absolute atomic E-state index is 0.0149. The van der Waals surface area contributed by atoms with Crippen molar-refractivity contribution in [2.75, 3.05) is 0 Å². The molecule has 0 unspecified atom stereocenters. The number of alkyl halides is 3. The fourth-order valence-corrected chi connectivity index (χ4v) is 2.54. The lowest BCUT2D eigenvalue weighted by Crippen LogP contribution is -2.11. The van der Waals surface area contributed by atoms with Gasteiger partial charge in [-0.25, -0.2) is 4.39 Å². The molecule has 0 radical (unpaired) electrons. The summed E-state index contributed by atoms with van der Waals surface area (Å²) in [7, 11) is 0. The number of aryl methyl sites for hydroxylation is 1. The summed E-state index contributed by atoms with van der Waals surface area (Å²) in [5.74, 6) is -3.17. The van der Waals surface area contributed by atoms with E-state index in [-0.39, 0.29) is 21.9 Å². The molecule has 0 aliphatic heterocycles. The first-order valence-electron chi connectivity index (χ1n) is 6.70. The summed E-state index contributed by atoms with van der Waals surface area (Å²) >= 11 is 5.92. The van der Waals surface area contributed by atoms with E-state index >= 15 is 0 Å². The summed E-state index contributed by atoms with van der Waals surface area (Å²) in [6, 6.07) is 5.61. The number of aliphatic carboxylic acids is 1. The molecule has 2 aromatic rings. The molecule has 0 aliphatic carbocycles. The molecule has 2 aromatic carbocycles. The van der Waals surface area contributed by atoms with Crippen LogP contribution in [0.15, 0.2) is 30.3 Å². The van der Waals surface area contributed by atoms with Crippen molar-refractivity contribution in [3.05, 3.63) is 52.3 Å². The van der Waals surface area contributed by atoms with Gasteiger partial charge >= 0.3 is 12.1 Å². The van der Waals surface area contributed by atoms with Crippen molar-refractivity contribution < 1.29 is 32.6 Å². The Morgan fingerprint density at radius 2 is 1.88 bits per heavy atom. The Labute approximate surface area is 139 Å². The number of carbonyl (C=O) groups is 1. The molecule has 2 N–H and O–H groups in total. The highest BCUT2D eigenvalue weighted by atomic mass is 35.5. The fourth-order valence-electron chi connectivity index (χ4n) is 2.26. The molecule has 0 amide bonds. The summed E-state index contributed by atoms with van der Waals surface area (Å²) in [6.45, 7) is 0. The van der Waals surface area contributed by atoms with Crippen LogP contribution in [0, 0.1) is 5.82 Å². The number of phenolic OH excluding ortho intramolecular Hbond substituents is 1. The standard InChI is InChI=1S/C16H11ClF4O3/c17-11-2-1-3-12(22)14(11)9-6-8(4-5-13(23)24)15(18)10(7-9)16(19,20)21/h1-3,6-7,22H,4-5H2,(H,23,24). The minimum Gasteiger partial charge on any atom is -0.507 e. The Kier molecular flexibility index (Phi) is 5.03.